The molecule has 0 unspecified atom stereocenters. The number of hydrogen-bond donors (Lipinski definition) is 2. The van der Waals surface area contributed by atoms with Gasteiger partial charge in [0.2, 0.25) is 0 Å². The molecule has 2 aromatic carbocycles. The molecule has 0 spiro atoms. The third-order valence-electron chi connectivity index (χ3n) is 3.74. The number of nitriles is 1. The summed E-state index contributed by atoms with van der Waals surface area (Å²) in [7, 11) is 0. The molecule has 0 saturated heterocycles. The van der Waals surface area contributed by atoms with E-state index in [1.807, 2.05) is 30.3 Å². The maximum atomic E-state index is 12.8. The van der Waals surface area contributed by atoms with Crippen molar-refractivity contribution in [1.82, 2.24) is 4.90 Å². The molecule has 0 fully saturated rings. The van der Waals surface area contributed by atoms with Gasteiger partial charge >= 0.3 is 6.18 Å². The smallest absolute Gasteiger partial charge is 0.395 e. The molecule has 0 atom stereocenters. The van der Waals surface area contributed by atoms with Crippen LogP contribution < -0.4 is 5.32 Å². The van der Waals surface area contributed by atoms with Gasteiger partial charge in [0.15, 0.2) is 0 Å². The van der Waals surface area contributed by atoms with Crippen molar-refractivity contribution in [1.29, 1.82) is 5.26 Å². The topological polar surface area (TPSA) is 76.4 Å². The van der Waals surface area contributed by atoms with Crippen LogP contribution in [0.3, 0.4) is 0 Å². The lowest BCUT2D eigenvalue weighted by Crippen LogP contribution is -2.24. The van der Waals surface area contributed by atoms with Crippen LogP contribution in [0.1, 0.15) is 11.1 Å². The number of carbonyl (C=O) groups is 1. The Morgan fingerprint density at radius 2 is 1.89 bits per heavy atom. The molecule has 2 N–H and O–H groups in total. The number of hydrogen-bond acceptors (Lipinski definition) is 4. The number of nitrogens with zero attached hydrogens (tertiary/aromatic N) is 2. The third-order valence-corrected chi connectivity index (χ3v) is 3.74. The summed E-state index contributed by atoms with van der Waals surface area (Å²) in [5, 5.41) is 20.8. The highest BCUT2D eigenvalue weighted by Crippen LogP contribution is 2.30. The van der Waals surface area contributed by atoms with E-state index in [4.69, 9.17) is 0 Å². The van der Waals surface area contributed by atoms with Gasteiger partial charge < -0.3 is 15.3 Å². The van der Waals surface area contributed by atoms with Gasteiger partial charge in [-0.2, -0.15) is 18.4 Å². The normalized spacial score (nSPS) is 11.6. The highest BCUT2D eigenvalue weighted by molar-refractivity contribution is 6.06. The fourth-order valence-electron chi connectivity index (χ4n) is 2.43. The second-order valence-electron chi connectivity index (χ2n) is 5.87. The van der Waals surface area contributed by atoms with Gasteiger partial charge in [0.25, 0.3) is 5.91 Å². The minimum absolute atomic E-state index is 0.0715. The number of benzene rings is 2. The molecule has 0 aliphatic rings. The standard InChI is InChI=1S/C20H18F3N3O2/c21-20(22,23)17-7-4-8-18(11-17)25-19(28)16(12-24)14-26(9-10-27)13-15-5-2-1-3-6-15/h1-8,11,14,27H,9-10,13H2,(H,25,28)/b16-14-. The van der Waals surface area contributed by atoms with E-state index in [-0.39, 0.29) is 24.4 Å². The van der Waals surface area contributed by atoms with Crippen LogP contribution in [0.4, 0.5) is 18.9 Å². The number of amides is 1. The zero-order valence-electron chi connectivity index (χ0n) is 14.8. The van der Waals surface area contributed by atoms with E-state index in [0.29, 0.717) is 6.54 Å². The van der Waals surface area contributed by atoms with Crippen molar-refractivity contribution in [2.45, 2.75) is 12.7 Å². The van der Waals surface area contributed by atoms with Crippen molar-refractivity contribution in [3.63, 3.8) is 0 Å². The zero-order valence-corrected chi connectivity index (χ0v) is 14.8. The van der Waals surface area contributed by atoms with Gasteiger partial charge in [0, 0.05) is 25.0 Å². The summed E-state index contributed by atoms with van der Waals surface area (Å²) in [5.74, 6) is -0.835. The molecule has 5 nitrogen and oxygen atoms in total. The third kappa shape index (κ3) is 6.14. The maximum absolute atomic E-state index is 12.8. The number of aliphatic hydroxyl groups is 1. The first kappa shape index (κ1) is 21.0. The lowest BCUT2D eigenvalue weighted by molar-refractivity contribution is -0.137. The Morgan fingerprint density at radius 1 is 1.18 bits per heavy atom. The molecule has 0 heterocycles. The maximum Gasteiger partial charge on any atom is 0.416 e. The molecule has 0 aliphatic carbocycles. The Morgan fingerprint density at radius 3 is 2.50 bits per heavy atom. The number of anilines is 1. The van der Waals surface area contributed by atoms with Gasteiger partial charge in [0.1, 0.15) is 11.6 Å². The van der Waals surface area contributed by atoms with Crippen molar-refractivity contribution in [2.75, 3.05) is 18.5 Å². The fraction of sp³-hybridized carbons (Fsp3) is 0.200. The minimum Gasteiger partial charge on any atom is -0.395 e. The van der Waals surface area contributed by atoms with Crippen LogP contribution in [-0.2, 0) is 17.5 Å². The van der Waals surface area contributed by atoms with E-state index >= 15 is 0 Å². The largest absolute Gasteiger partial charge is 0.416 e. The summed E-state index contributed by atoms with van der Waals surface area (Å²) >= 11 is 0. The van der Waals surface area contributed by atoms with Crippen LogP contribution in [0.5, 0.6) is 0 Å². The molecule has 0 saturated carbocycles. The molecule has 2 aromatic rings. The highest BCUT2D eigenvalue weighted by Gasteiger charge is 2.30. The first-order chi connectivity index (χ1) is 13.3. The second-order valence-corrected chi connectivity index (χ2v) is 5.87. The van der Waals surface area contributed by atoms with Crippen LogP contribution in [0.2, 0.25) is 0 Å². The summed E-state index contributed by atoms with van der Waals surface area (Å²) in [5.41, 5.74) is -0.360. The molecule has 2 rings (SSSR count). The summed E-state index contributed by atoms with van der Waals surface area (Å²) < 4.78 is 38.4. The van der Waals surface area contributed by atoms with E-state index in [1.54, 1.807) is 11.0 Å². The van der Waals surface area contributed by atoms with Crippen molar-refractivity contribution in [3.05, 3.63) is 77.5 Å². The van der Waals surface area contributed by atoms with Gasteiger partial charge in [-0.3, -0.25) is 4.79 Å². The van der Waals surface area contributed by atoms with Crippen LogP contribution in [-0.4, -0.2) is 29.1 Å². The number of rotatable bonds is 7. The Kier molecular flexibility index (Phi) is 7.18. The molecule has 0 aromatic heterocycles. The summed E-state index contributed by atoms with van der Waals surface area (Å²) in [4.78, 5) is 13.9. The quantitative estimate of drug-likeness (QED) is 0.561. The number of alkyl halides is 3. The first-order valence-corrected chi connectivity index (χ1v) is 8.33. The van der Waals surface area contributed by atoms with Gasteiger partial charge in [-0.25, -0.2) is 0 Å². The average Bonchev–Trinajstić information content (AvgIpc) is 2.66. The molecule has 8 heteroatoms. The Bertz CT molecular complexity index is 874. The Labute approximate surface area is 160 Å². The van der Waals surface area contributed by atoms with Crippen molar-refractivity contribution >= 4 is 11.6 Å². The molecular formula is C20H18F3N3O2. The number of aliphatic hydroxyl groups excluding tert-OH is 1. The van der Waals surface area contributed by atoms with Crippen molar-refractivity contribution in [2.24, 2.45) is 0 Å². The van der Waals surface area contributed by atoms with Crippen LogP contribution >= 0.6 is 0 Å². The molecule has 146 valence electrons. The molecular weight excluding hydrogens is 371 g/mol. The van der Waals surface area contributed by atoms with Crippen LogP contribution in [0, 0.1) is 11.3 Å². The van der Waals surface area contributed by atoms with Crippen LogP contribution in [0.25, 0.3) is 0 Å². The van der Waals surface area contributed by atoms with Crippen LogP contribution in [0.15, 0.2) is 66.4 Å². The lowest BCUT2D eigenvalue weighted by atomic mass is 10.2. The van der Waals surface area contributed by atoms with Gasteiger partial charge in [0.05, 0.1) is 12.2 Å². The highest BCUT2D eigenvalue weighted by atomic mass is 19.4. The predicted molar refractivity (Wildman–Crippen MR) is 97.7 cm³/mol. The summed E-state index contributed by atoms with van der Waals surface area (Å²) in [6.07, 6.45) is -3.26. The van der Waals surface area contributed by atoms with Gasteiger partial charge in [-0.1, -0.05) is 36.4 Å². The van der Waals surface area contributed by atoms with E-state index in [1.165, 1.54) is 18.3 Å². The Hall–Kier alpha value is -3.31. The van der Waals surface area contributed by atoms with E-state index in [9.17, 15) is 28.3 Å². The molecule has 0 radical (unpaired) electrons. The van der Waals surface area contributed by atoms with E-state index < -0.39 is 17.6 Å². The number of carbonyl (C=O) groups excluding carboxylic acids is 1. The minimum atomic E-state index is -4.54. The molecule has 0 aliphatic heterocycles. The Balaban J connectivity index is 2.17. The van der Waals surface area contributed by atoms with E-state index in [0.717, 1.165) is 17.7 Å². The molecule has 0 bridgehead atoms. The molecule has 1 amide bonds. The van der Waals surface area contributed by atoms with Crippen molar-refractivity contribution < 1.29 is 23.1 Å². The van der Waals surface area contributed by atoms with E-state index in [2.05, 4.69) is 5.32 Å². The monoisotopic (exact) mass is 389 g/mol. The summed E-state index contributed by atoms with van der Waals surface area (Å²) in [6.45, 7) is 0.331. The SMILES string of the molecule is N#C/C(=C/N(CCO)Cc1ccccc1)C(=O)Nc1cccc(C(F)(F)F)c1. The molecule has 28 heavy (non-hydrogen) atoms. The number of nitrogens with one attached hydrogen (secondary N) is 1. The second kappa shape index (κ2) is 9.58. The van der Waals surface area contributed by atoms with Crippen molar-refractivity contribution in [3.8, 4) is 6.07 Å². The fourth-order valence-corrected chi connectivity index (χ4v) is 2.43. The predicted octanol–water partition coefficient (Wildman–Crippen LogP) is 3.55. The first-order valence-electron chi connectivity index (χ1n) is 8.33. The van der Waals surface area contributed by atoms with Gasteiger partial charge in [-0.05, 0) is 23.8 Å². The summed E-state index contributed by atoms with van der Waals surface area (Å²) in [6, 6.07) is 15.1. The van der Waals surface area contributed by atoms with Gasteiger partial charge in [-0.15, -0.1) is 0 Å². The lowest BCUT2D eigenvalue weighted by Gasteiger charge is -2.20. The average molecular weight is 389 g/mol. The number of halogens is 3. The zero-order chi connectivity index (χ0) is 20.6.